The lowest BCUT2D eigenvalue weighted by Gasteiger charge is -2.19. The van der Waals surface area contributed by atoms with Crippen LogP contribution in [0.25, 0.3) is 5.78 Å². The predicted octanol–water partition coefficient (Wildman–Crippen LogP) is 3.87. The number of rotatable bonds is 5. The van der Waals surface area contributed by atoms with E-state index in [0.717, 1.165) is 29.0 Å². The predicted molar refractivity (Wildman–Crippen MR) is 91.3 cm³/mol. The molecule has 0 radical (unpaired) electrons. The zero-order chi connectivity index (χ0) is 15.8. The van der Waals surface area contributed by atoms with Gasteiger partial charge in [0.15, 0.2) is 0 Å². The van der Waals surface area contributed by atoms with Crippen LogP contribution in [0.2, 0.25) is 5.02 Å². The van der Waals surface area contributed by atoms with E-state index >= 15 is 0 Å². The van der Waals surface area contributed by atoms with Crippen molar-refractivity contribution in [2.75, 3.05) is 0 Å². The molecule has 118 valence electrons. The molecule has 1 aliphatic carbocycles. The van der Waals surface area contributed by atoms with E-state index in [1.165, 1.54) is 12.0 Å². The first kappa shape index (κ1) is 14.7. The van der Waals surface area contributed by atoms with Crippen LogP contribution in [0.5, 0.6) is 0 Å². The van der Waals surface area contributed by atoms with Crippen molar-refractivity contribution in [1.29, 1.82) is 0 Å². The zero-order valence-corrected chi connectivity index (χ0v) is 13.7. The monoisotopic (exact) mass is 326 g/mol. The SMILES string of the molecule is C[C@@H]1C[C@@H]1[C@@H](NCc1cn2cccnc2n1)c1ccc(Cl)cc1. The molecule has 1 aromatic carbocycles. The number of imidazole rings is 1. The minimum absolute atomic E-state index is 0.347. The number of hydrogen-bond acceptors (Lipinski definition) is 3. The maximum absolute atomic E-state index is 6.02. The summed E-state index contributed by atoms with van der Waals surface area (Å²) >= 11 is 6.02. The highest BCUT2D eigenvalue weighted by molar-refractivity contribution is 6.30. The second kappa shape index (κ2) is 5.95. The van der Waals surface area contributed by atoms with Gasteiger partial charge in [0.25, 0.3) is 0 Å². The third-order valence-electron chi connectivity index (χ3n) is 4.62. The van der Waals surface area contributed by atoms with Crippen LogP contribution in [-0.2, 0) is 6.54 Å². The first-order valence-electron chi connectivity index (χ1n) is 7.98. The Kier molecular flexibility index (Phi) is 3.79. The fourth-order valence-corrected chi connectivity index (χ4v) is 3.31. The number of nitrogens with zero attached hydrogens (tertiary/aromatic N) is 3. The molecule has 1 N–H and O–H groups in total. The normalized spacial score (nSPS) is 21.5. The van der Waals surface area contributed by atoms with E-state index in [1.807, 2.05) is 35.0 Å². The van der Waals surface area contributed by atoms with Crippen molar-refractivity contribution in [1.82, 2.24) is 19.7 Å². The molecule has 0 amide bonds. The molecule has 5 heteroatoms. The second-order valence-corrected chi connectivity index (χ2v) is 6.78. The molecule has 2 heterocycles. The Hall–Kier alpha value is -1.91. The molecule has 1 saturated carbocycles. The molecule has 0 saturated heterocycles. The van der Waals surface area contributed by atoms with Gasteiger partial charge in [0, 0.05) is 36.2 Å². The van der Waals surface area contributed by atoms with Gasteiger partial charge in [-0.3, -0.25) is 4.40 Å². The molecule has 23 heavy (non-hydrogen) atoms. The van der Waals surface area contributed by atoms with Crippen molar-refractivity contribution in [2.24, 2.45) is 11.8 Å². The summed E-state index contributed by atoms with van der Waals surface area (Å²) < 4.78 is 1.95. The van der Waals surface area contributed by atoms with Crippen molar-refractivity contribution in [2.45, 2.75) is 25.9 Å². The summed E-state index contributed by atoms with van der Waals surface area (Å²) in [5.41, 5.74) is 2.31. The van der Waals surface area contributed by atoms with Crippen LogP contribution in [0.4, 0.5) is 0 Å². The van der Waals surface area contributed by atoms with Gasteiger partial charge >= 0.3 is 0 Å². The van der Waals surface area contributed by atoms with Crippen molar-refractivity contribution >= 4 is 17.4 Å². The van der Waals surface area contributed by atoms with Crippen molar-refractivity contribution in [3.05, 3.63) is 65.2 Å². The average Bonchev–Trinajstić information content (AvgIpc) is 3.12. The van der Waals surface area contributed by atoms with E-state index in [9.17, 15) is 0 Å². The Morgan fingerprint density at radius 2 is 2.13 bits per heavy atom. The first-order valence-corrected chi connectivity index (χ1v) is 8.36. The van der Waals surface area contributed by atoms with Crippen molar-refractivity contribution < 1.29 is 0 Å². The number of nitrogens with one attached hydrogen (secondary N) is 1. The maximum Gasteiger partial charge on any atom is 0.233 e. The van der Waals surface area contributed by atoms with Crippen LogP contribution in [0.1, 0.15) is 30.6 Å². The van der Waals surface area contributed by atoms with E-state index in [2.05, 4.69) is 34.3 Å². The van der Waals surface area contributed by atoms with Crippen LogP contribution in [0.15, 0.2) is 48.9 Å². The zero-order valence-electron chi connectivity index (χ0n) is 13.0. The Balaban J connectivity index is 1.52. The first-order chi connectivity index (χ1) is 11.2. The lowest BCUT2D eigenvalue weighted by molar-refractivity contribution is 0.459. The fourth-order valence-electron chi connectivity index (χ4n) is 3.18. The van der Waals surface area contributed by atoms with Crippen LogP contribution < -0.4 is 5.32 Å². The molecule has 4 nitrogen and oxygen atoms in total. The molecule has 3 atom stereocenters. The van der Waals surface area contributed by atoms with Crippen molar-refractivity contribution in [3.63, 3.8) is 0 Å². The molecular weight excluding hydrogens is 308 g/mol. The average molecular weight is 327 g/mol. The van der Waals surface area contributed by atoms with Crippen molar-refractivity contribution in [3.8, 4) is 0 Å². The summed E-state index contributed by atoms with van der Waals surface area (Å²) in [6, 6.07) is 10.4. The van der Waals surface area contributed by atoms with E-state index in [4.69, 9.17) is 11.6 Å². The highest BCUT2D eigenvalue weighted by atomic mass is 35.5. The summed E-state index contributed by atoms with van der Waals surface area (Å²) in [4.78, 5) is 8.83. The Morgan fingerprint density at radius 1 is 1.35 bits per heavy atom. The molecule has 0 aliphatic heterocycles. The molecule has 4 rings (SSSR count). The smallest absolute Gasteiger partial charge is 0.233 e. The number of halogens is 1. The summed E-state index contributed by atoms with van der Waals surface area (Å²) in [6.07, 6.45) is 7.04. The van der Waals surface area contributed by atoms with E-state index < -0.39 is 0 Å². The van der Waals surface area contributed by atoms with Gasteiger partial charge in [0.05, 0.1) is 5.69 Å². The van der Waals surface area contributed by atoms with E-state index in [1.54, 1.807) is 6.20 Å². The fraction of sp³-hybridized carbons (Fsp3) is 0.333. The maximum atomic E-state index is 6.02. The number of hydrogen-bond donors (Lipinski definition) is 1. The Bertz CT molecular complexity index is 778. The Labute approximate surface area is 140 Å². The highest BCUT2D eigenvalue weighted by Crippen LogP contribution is 2.47. The number of fused-ring (bicyclic) bond motifs is 1. The van der Waals surface area contributed by atoms with Gasteiger partial charge in [-0.15, -0.1) is 0 Å². The number of aromatic nitrogens is 3. The van der Waals surface area contributed by atoms with Crippen LogP contribution in [-0.4, -0.2) is 14.4 Å². The quantitative estimate of drug-likeness (QED) is 0.774. The summed E-state index contributed by atoms with van der Waals surface area (Å²) in [6.45, 7) is 3.05. The van der Waals surface area contributed by atoms with Gasteiger partial charge in [-0.2, -0.15) is 0 Å². The standard InChI is InChI=1S/C18H19ClN4/c1-12-9-16(12)17(13-3-5-14(19)6-4-13)21-10-15-11-23-8-2-7-20-18(23)22-15/h2-8,11-12,16-17,21H,9-10H2,1H3/t12-,16+,17+/m1/s1. The lowest BCUT2D eigenvalue weighted by Crippen LogP contribution is -2.23. The molecule has 0 spiro atoms. The van der Waals surface area contributed by atoms with Gasteiger partial charge in [0.2, 0.25) is 5.78 Å². The van der Waals surface area contributed by atoms with Crippen LogP contribution in [0.3, 0.4) is 0 Å². The summed E-state index contributed by atoms with van der Waals surface area (Å²) in [5, 5.41) is 4.46. The topological polar surface area (TPSA) is 42.2 Å². The van der Waals surface area contributed by atoms with Gasteiger partial charge in [-0.1, -0.05) is 30.7 Å². The second-order valence-electron chi connectivity index (χ2n) is 6.35. The number of benzene rings is 1. The van der Waals surface area contributed by atoms with Gasteiger partial charge in [0.1, 0.15) is 0 Å². The third-order valence-corrected chi connectivity index (χ3v) is 4.87. The molecule has 1 aliphatic rings. The van der Waals surface area contributed by atoms with E-state index in [0.29, 0.717) is 12.0 Å². The van der Waals surface area contributed by atoms with Crippen LogP contribution >= 0.6 is 11.6 Å². The lowest BCUT2D eigenvalue weighted by atomic mass is 10.0. The minimum atomic E-state index is 0.347. The molecular formula is C18H19ClN4. The van der Waals surface area contributed by atoms with Gasteiger partial charge in [-0.25, -0.2) is 9.97 Å². The molecule has 3 aromatic rings. The van der Waals surface area contributed by atoms with Gasteiger partial charge < -0.3 is 5.32 Å². The van der Waals surface area contributed by atoms with Crippen LogP contribution in [0, 0.1) is 11.8 Å². The van der Waals surface area contributed by atoms with E-state index in [-0.39, 0.29) is 0 Å². The molecule has 0 bridgehead atoms. The third kappa shape index (κ3) is 3.09. The highest BCUT2D eigenvalue weighted by Gasteiger charge is 2.39. The molecule has 1 fully saturated rings. The van der Waals surface area contributed by atoms with Gasteiger partial charge in [-0.05, 0) is 42.0 Å². The molecule has 0 unspecified atom stereocenters. The Morgan fingerprint density at radius 3 is 2.83 bits per heavy atom. The summed E-state index contributed by atoms with van der Waals surface area (Å²) in [5.74, 6) is 2.20. The molecule has 2 aromatic heterocycles. The largest absolute Gasteiger partial charge is 0.304 e. The minimum Gasteiger partial charge on any atom is -0.304 e. The summed E-state index contributed by atoms with van der Waals surface area (Å²) in [7, 11) is 0.